The Labute approximate surface area is 157 Å². The van der Waals surface area contributed by atoms with Crippen LogP contribution in [0.4, 0.5) is 0 Å². The number of carbonyl (C=O) groups excluding carboxylic acids is 2. The number of fused-ring (bicyclic) bond motifs is 1. The number of likely N-dealkylation sites (tertiary alicyclic amines) is 1. The molecule has 1 saturated heterocycles. The number of benzene rings is 1. The average molecular weight is 372 g/mol. The second kappa shape index (κ2) is 8.66. The Kier molecular flexibility index (Phi) is 6.05. The van der Waals surface area contributed by atoms with Crippen LogP contribution in [0.2, 0.25) is 0 Å². The molecule has 1 aromatic heterocycles. The Balaban J connectivity index is 1.49. The summed E-state index contributed by atoms with van der Waals surface area (Å²) in [6, 6.07) is 7.74. The normalized spacial score (nSPS) is 17.0. The van der Waals surface area contributed by atoms with Gasteiger partial charge in [0.25, 0.3) is 0 Å². The molecule has 1 unspecified atom stereocenters. The topological polar surface area (TPSA) is 115 Å². The highest BCUT2D eigenvalue weighted by Crippen LogP contribution is 2.18. The first kappa shape index (κ1) is 18.9. The zero-order valence-corrected chi connectivity index (χ0v) is 15.1. The highest BCUT2D eigenvalue weighted by molar-refractivity contribution is 5.82. The summed E-state index contributed by atoms with van der Waals surface area (Å²) < 4.78 is 0. The van der Waals surface area contributed by atoms with Crippen molar-refractivity contribution in [2.24, 2.45) is 5.92 Å². The van der Waals surface area contributed by atoms with Gasteiger partial charge < -0.3 is 20.3 Å². The Morgan fingerprint density at radius 2 is 2.07 bits per heavy atom. The first-order chi connectivity index (χ1) is 13.0. The molecule has 0 saturated carbocycles. The van der Waals surface area contributed by atoms with E-state index in [1.54, 1.807) is 4.90 Å². The van der Waals surface area contributed by atoms with Gasteiger partial charge in [0.1, 0.15) is 5.82 Å². The third-order valence-electron chi connectivity index (χ3n) is 4.80. The summed E-state index contributed by atoms with van der Waals surface area (Å²) in [5.41, 5.74) is 1.84. The van der Waals surface area contributed by atoms with E-state index in [2.05, 4.69) is 15.3 Å². The van der Waals surface area contributed by atoms with Crippen LogP contribution in [-0.2, 0) is 20.8 Å². The first-order valence-corrected chi connectivity index (χ1v) is 9.24. The van der Waals surface area contributed by atoms with Crippen molar-refractivity contribution in [3.63, 3.8) is 0 Å². The molecule has 3 rings (SSSR count). The Morgan fingerprint density at radius 1 is 1.26 bits per heavy atom. The highest BCUT2D eigenvalue weighted by atomic mass is 16.4. The van der Waals surface area contributed by atoms with E-state index in [0.29, 0.717) is 32.4 Å². The van der Waals surface area contributed by atoms with Gasteiger partial charge in [0, 0.05) is 32.5 Å². The maximum atomic E-state index is 12.5. The van der Waals surface area contributed by atoms with E-state index in [0.717, 1.165) is 23.3 Å². The van der Waals surface area contributed by atoms with Crippen LogP contribution in [0.3, 0.4) is 0 Å². The number of aliphatic carboxylic acids is 1. The molecule has 1 atom stereocenters. The molecule has 3 N–H and O–H groups in total. The van der Waals surface area contributed by atoms with E-state index in [-0.39, 0.29) is 30.7 Å². The lowest BCUT2D eigenvalue weighted by molar-refractivity contribution is -0.137. The van der Waals surface area contributed by atoms with Crippen molar-refractivity contribution in [3.8, 4) is 0 Å². The van der Waals surface area contributed by atoms with Gasteiger partial charge in [-0.1, -0.05) is 12.1 Å². The van der Waals surface area contributed by atoms with Crippen molar-refractivity contribution in [2.45, 2.75) is 32.1 Å². The minimum absolute atomic E-state index is 0.0125. The van der Waals surface area contributed by atoms with Crippen LogP contribution in [-0.4, -0.2) is 57.4 Å². The fourth-order valence-electron chi connectivity index (χ4n) is 3.36. The molecule has 8 nitrogen and oxygen atoms in total. The fourth-order valence-corrected chi connectivity index (χ4v) is 3.36. The third kappa shape index (κ3) is 5.06. The lowest BCUT2D eigenvalue weighted by Crippen LogP contribution is -2.45. The number of piperidine rings is 1. The van der Waals surface area contributed by atoms with Gasteiger partial charge in [0.05, 0.1) is 23.4 Å². The second-order valence-corrected chi connectivity index (χ2v) is 6.81. The van der Waals surface area contributed by atoms with Crippen molar-refractivity contribution < 1.29 is 19.5 Å². The number of aromatic amines is 1. The van der Waals surface area contributed by atoms with E-state index in [1.807, 2.05) is 24.3 Å². The van der Waals surface area contributed by atoms with Crippen LogP contribution < -0.4 is 5.32 Å². The molecule has 1 aromatic carbocycles. The maximum Gasteiger partial charge on any atom is 0.305 e. The lowest BCUT2D eigenvalue weighted by Gasteiger charge is -2.32. The zero-order chi connectivity index (χ0) is 19.2. The Hall–Kier alpha value is -2.90. The number of H-pyrrole nitrogens is 1. The van der Waals surface area contributed by atoms with Gasteiger partial charge in [-0.05, 0) is 25.0 Å². The van der Waals surface area contributed by atoms with Crippen LogP contribution in [0, 0.1) is 5.92 Å². The maximum absolute atomic E-state index is 12.5. The zero-order valence-electron chi connectivity index (χ0n) is 15.1. The van der Waals surface area contributed by atoms with Crippen molar-refractivity contribution in [1.82, 2.24) is 20.2 Å². The quantitative estimate of drug-likeness (QED) is 0.678. The van der Waals surface area contributed by atoms with Crippen molar-refractivity contribution in [1.29, 1.82) is 0 Å². The standard InChI is InChI=1S/C19H24N4O4/c24-17(8-7-16-21-14-5-1-2-6-15(14)22-16)23-11-3-4-13(12-23)19(27)20-10-9-18(25)26/h1-2,5-6,13H,3-4,7-12H2,(H,20,27)(H,21,22)(H,25,26). The molecule has 2 heterocycles. The summed E-state index contributed by atoms with van der Waals surface area (Å²) in [5, 5.41) is 11.3. The number of carbonyl (C=O) groups is 3. The number of carboxylic acids is 1. The number of hydrogen-bond donors (Lipinski definition) is 3. The minimum Gasteiger partial charge on any atom is -0.481 e. The first-order valence-electron chi connectivity index (χ1n) is 9.24. The van der Waals surface area contributed by atoms with Crippen LogP contribution in [0.25, 0.3) is 11.0 Å². The molecule has 27 heavy (non-hydrogen) atoms. The molecule has 144 valence electrons. The molecule has 8 heteroatoms. The number of nitrogens with zero attached hydrogens (tertiary/aromatic N) is 2. The summed E-state index contributed by atoms with van der Waals surface area (Å²) >= 11 is 0. The number of imidazole rings is 1. The second-order valence-electron chi connectivity index (χ2n) is 6.81. The Bertz CT molecular complexity index is 799. The SMILES string of the molecule is O=C(O)CCNC(=O)C1CCCN(C(=O)CCc2nc3ccccc3[nH]2)C1. The van der Waals surface area contributed by atoms with E-state index in [4.69, 9.17) is 5.11 Å². The molecule has 1 aliphatic heterocycles. The van der Waals surface area contributed by atoms with E-state index >= 15 is 0 Å². The number of carboxylic acid groups (broad SMARTS) is 1. The largest absolute Gasteiger partial charge is 0.481 e. The monoisotopic (exact) mass is 372 g/mol. The van der Waals surface area contributed by atoms with Gasteiger partial charge in [-0.15, -0.1) is 0 Å². The van der Waals surface area contributed by atoms with Gasteiger partial charge in [-0.25, -0.2) is 4.98 Å². The predicted octanol–water partition coefficient (Wildman–Crippen LogP) is 1.33. The fraction of sp³-hybridized carbons (Fsp3) is 0.474. The van der Waals surface area contributed by atoms with E-state index in [9.17, 15) is 14.4 Å². The predicted molar refractivity (Wildman–Crippen MR) is 99.0 cm³/mol. The summed E-state index contributed by atoms with van der Waals surface area (Å²) in [7, 11) is 0. The molecule has 0 radical (unpaired) electrons. The number of para-hydroxylation sites is 2. The van der Waals surface area contributed by atoms with Crippen molar-refractivity contribution in [3.05, 3.63) is 30.1 Å². The minimum atomic E-state index is -0.943. The van der Waals surface area contributed by atoms with Crippen molar-refractivity contribution >= 4 is 28.8 Å². The molecule has 1 fully saturated rings. The Morgan fingerprint density at radius 3 is 2.85 bits per heavy atom. The van der Waals surface area contributed by atoms with Crippen LogP contribution in [0.15, 0.2) is 24.3 Å². The molecule has 0 spiro atoms. The summed E-state index contributed by atoms with van der Waals surface area (Å²) in [6.07, 6.45) is 2.25. The number of amides is 2. The van der Waals surface area contributed by atoms with E-state index in [1.165, 1.54) is 0 Å². The van der Waals surface area contributed by atoms with Gasteiger partial charge in [0.15, 0.2) is 0 Å². The van der Waals surface area contributed by atoms with Crippen molar-refractivity contribution in [2.75, 3.05) is 19.6 Å². The summed E-state index contributed by atoms with van der Waals surface area (Å²) in [4.78, 5) is 44.7. The number of hydrogen-bond acceptors (Lipinski definition) is 4. The summed E-state index contributed by atoms with van der Waals surface area (Å²) in [6.45, 7) is 1.15. The molecule has 0 bridgehead atoms. The van der Waals surface area contributed by atoms with Gasteiger partial charge in [-0.3, -0.25) is 14.4 Å². The van der Waals surface area contributed by atoms with Crippen LogP contribution in [0.1, 0.15) is 31.5 Å². The summed E-state index contributed by atoms with van der Waals surface area (Å²) in [5.74, 6) is -0.599. The molecule has 2 amide bonds. The van der Waals surface area contributed by atoms with Gasteiger partial charge in [0.2, 0.25) is 11.8 Å². The average Bonchev–Trinajstić information content (AvgIpc) is 3.09. The van der Waals surface area contributed by atoms with Crippen LogP contribution in [0.5, 0.6) is 0 Å². The lowest BCUT2D eigenvalue weighted by atomic mass is 9.96. The highest BCUT2D eigenvalue weighted by Gasteiger charge is 2.28. The number of rotatable bonds is 7. The number of aryl methyl sites for hydroxylation is 1. The third-order valence-corrected chi connectivity index (χ3v) is 4.80. The molecular weight excluding hydrogens is 348 g/mol. The number of aromatic nitrogens is 2. The van der Waals surface area contributed by atoms with Gasteiger partial charge in [-0.2, -0.15) is 0 Å². The molecule has 2 aromatic rings. The molecule has 1 aliphatic rings. The number of nitrogens with one attached hydrogen (secondary N) is 2. The molecular formula is C19H24N4O4. The smallest absolute Gasteiger partial charge is 0.305 e. The van der Waals surface area contributed by atoms with Gasteiger partial charge >= 0.3 is 5.97 Å². The van der Waals surface area contributed by atoms with Crippen LogP contribution >= 0.6 is 0 Å². The van der Waals surface area contributed by atoms with E-state index < -0.39 is 5.97 Å². The molecule has 0 aliphatic carbocycles.